The highest BCUT2D eigenvalue weighted by molar-refractivity contribution is 5.47. The van der Waals surface area contributed by atoms with Crippen LogP contribution in [-0.2, 0) is 14.3 Å². The van der Waals surface area contributed by atoms with Gasteiger partial charge in [-0.05, 0) is 12.8 Å². The molecule has 0 atom stereocenters. The van der Waals surface area contributed by atoms with E-state index in [9.17, 15) is 4.79 Å². The van der Waals surface area contributed by atoms with Crippen LogP contribution in [0.15, 0.2) is 0 Å². The molecular formula is C9H18NO3. The Morgan fingerprint density at radius 2 is 1.54 bits per heavy atom. The fourth-order valence-corrected chi connectivity index (χ4v) is 1.00. The summed E-state index contributed by atoms with van der Waals surface area (Å²) >= 11 is 0. The summed E-state index contributed by atoms with van der Waals surface area (Å²) in [6.07, 6.45) is 3.61. The first kappa shape index (κ1) is 12.4. The lowest BCUT2D eigenvalue weighted by atomic mass is 10.3. The SMILES string of the molecule is COCCCN([C]=O)CCCOC. The van der Waals surface area contributed by atoms with Gasteiger partial charge in [-0.3, -0.25) is 4.79 Å². The number of carbonyl (C=O) groups excluding carboxylic acids is 1. The van der Waals surface area contributed by atoms with Crippen LogP contribution in [0.3, 0.4) is 0 Å². The topological polar surface area (TPSA) is 38.8 Å². The molecule has 0 aromatic carbocycles. The number of rotatable bonds is 9. The van der Waals surface area contributed by atoms with Gasteiger partial charge in [0, 0.05) is 40.5 Å². The molecule has 0 rings (SSSR count). The highest BCUT2D eigenvalue weighted by Crippen LogP contribution is 1.91. The number of amides is 1. The van der Waals surface area contributed by atoms with E-state index >= 15 is 0 Å². The molecular weight excluding hydrogens is 170 g/mol. The minimum atomic E-state index is 0.683. The van der Waals surface area contributed by atoms with Crippen LogP contribution in [0.1, 0.15) is 12.8 Å². The van der Waals surface area contributed by atoms with E-state index in [1.54, 1.807) is 19.1 Å². The van der Waals surface area contributed by atoms with Crippen molar-refractivity contribution < 1.29 is 14.3 Å². The standard InChI is InChI=1S/C9H18NO3/c1-12-7-3-5-10(9-11)6-4-8-13-2/h3-8H2,1-2H3. The zero-order chi connectivity index (χ0) is 9.94. The predicted octanol–water partition coefficient (Wildman–Crippen LogP) is 0.429. The van der Waals surface area contributed by atoms with Gasteiger partial charge in [0.05, 0.1) is 0 Å². The molecule has 0 saturated carbocycles. The minimum absolute atomic E-state index is 0.683. The molecule has 0 spiro atoms. The maximum Gasteiger partial charge on any atom is 0.312 e. The Kier molecular flexibility index (Phi) is 9.03. The second kappa shape index (κ2) is 9.48. The van der Waals surface area contributed by atoms with E-state index in [1.807, 2.05) is 6.41 Å². The van der Waals surface area contributed by atoms with E-state index in [2.05, 4.69) is 0 Å². The summed E-state index contributed by atoms with van der Waals surface area (Å²) in [7, 11) is 3.31. The molecule has 1 radical (unpaired) electrons. The van der Waals surface area contributed by atoms with Crippen LogP contribution in [0, 0.1) is 0 Å². The van der Waals surface area contributed by atoms with Crippen molar-refractivity contribution in [3.05, 3.63) is 0 Å². The maximum atomic E-state index is 10.4. The fourth-order valence-electron chi connectivity index (χ4n) is 1.00. The Labute approximate surface area is 79.8 Å². The summed E-state index contributed by atoms with van der Waals surface area (Å²) in [4.78, 5) is 12.0. The average Bonchev–Trinajstić information content (AvgIpc) is 2.16. The third-order valence-corrected chi connectivity index (χ3v) is 1.68. The molecule has 1 amide bonds. The fraction of sp³-hybridized carbons (Fsp3) is 0.889. The van der Waals surface area contributed by atoms with Crippen LogP contribution < -0.4 is 0 Å². The van der Waals surface area contributed by atoms with Crippen LogP contribution in [0.5, 0.6) is 0 Å². The largest absolute Gasteiger partial charge is 0.385 e. The maximum absolute atomic E-state index is 10.4. The molecule has 0 unspecified atom stereocenters. The number of nitrogens with zero attached hydrogens (tertiary/aromatic N) is 1. The summed E-state index contributed by atoms with van der Waals surface area (Å²) in [6, 6.07) is 0. The molecule has 77 valence electrons. The van der Waals surface area contributed by atoms with Gasteiger partial charge in [-0.15, -0.1) is 0 Å². The first-order chi connectivity index (χ1) is 6.35. The van der Waals surface area contributed by atoms with Gasteiger partial charge < -0.3 is 14.4 Å². The molecule has 13 heavy (non-hydrogen) atoms. The van der Waals surface area contributed by atoms with Gasteiger partial charge in [-0.1, -0.05) is 0 Å². The summed E-state index contributed by atoms with van der Waals surface area (Å²) < 4.78 is 9.76. The van der Waals surface area contributed by atoms with E-state index in [1.165, 1.54) is 0 Å². The highest BCUT2D eigenvalue weighted by atomic mass is 16.5. The van der Waals surface area contributed by atoms with Gasteiger partial charge in [-0.25, -0.2) is 0 Å². The summed E-state index contributed by atoms with van der Waals surface area (Å²) in [5, 5.41) is 0. The predicted molar refractivity (Wildman–Crippen MR) is 50.3 cm³/mol. The second-order valence-electron chi connectivity index (χ2n) is 2.77. The van der Waals surface area contributed by atoms with E-state index in [0.29, 0.717) is 26.3 Å². The molecule has 0 aromatic rings. The summed E-state index contributed by atoms with van der Waals surface area (Å²) in [5.41, 5.74) is 0. The van der Waals surface area contributed by atoms with E-state index in [-0.39, 0.29) is 0 Å². The van der Waals surface area contributed by atoms with Gasteiger partial charge in [-0.2, -0.15) is 0 Å². The molecule has 0 saturated heterocycles. The monoisotopic (exact) mass is 188 g/mol. The summed E-state index contributed by atoms with van der Waals surface area (Å²) in [6.45, 7) is 2.78. The molecule has 0 aliphatic heterocycles. The Bertz CT molecular complexity index is 109. The molecule has 4 heteroatoms. The Balaban J connectivity index is 3.34. The van der Waals surface area contributed by atoms with Crippen molar-refractivity contribution in [1.29, 1.82) is 0 Å². The number of hydrogen-bond donors (Lipinski definition) is 0. The van der Waals surface area contributed by atoms with E-state index < -0.39 is 0 Å². The van der Waals surface area contributed by atoms with Crippen LogP contribution in [0.4, 0.5) is 0 Å². The third kappa shape index (κ3) is 7.74. The molecule has 0 heterocycles. The highest BCUT2D eigenvalue weighted by Gasteiger charge is 2.01. The van der Waals surface area contributed by atoms with Crippen LogP contribution in [0.2, 0.25) is 0 Å². The lowest BCUT2D eigenvalue weighted by Gasteiger charge is -2.15. The quantitative estimate of drug-likeness (QED) is 0.389. The molecule has 0 fully saturated rings. The molecule has 0 N–H and O–H groups in total. The minimum Gasteiger partial charge on any atom is -0.385 e. The Hall–Kier alpha value is -0.610. The van der Waals surface area contributed by atoms with Crippen molar-refractivity contribution in [1.82, 2.24) is 4.90 Å². The Morgan fingerprint density at radius 3 is 1.85 bits per heavy atom. The first-order valence-electron chi connectivity index (χ1n) is 4.45. The van der Waals surface area contributed by atoms with Gasteiger partial charge in [0.1, 0.15) is 0 Å². The zero-order valence-corrected chi connectivity index (χ0v) is 8.41. The number of methoxy groups -OCH3 is 2. The van der Waals surface area contributed by atoms with Crippen molar-refractivity contribution in [3.8, 4) is 0 Å². The van der Waals surface area contributed by atoms with Crippen LogP contribution in [0.25, 0.3) is 0 Å². The van der Waals surface area contributed by atoms with Crippen molar-refractivity contribution in [3.63, 3.8) is 0 Å². The van der Waals surface area contributed by atoms with Gasteiger partial charge in [0.25, 0.3) is 0 Å². The van der Waals surface area contributed by atoms with E-state index in [0.717, 1.165) is 12.8 Å². The van der Waals surface area contributed by atoms with Crippen molar-refractivity contribution in [2.24, 2.45) is 0 Å². The molecule has 0 aliphatic carbocycles. The van der Waals surface area contributed by atoms with Crippen LogP contribution in [-0.4, -0.2) is 51.8 Å². The second-order valence-corrected chi connectivity index (χ2v) is 2.77. The van der Waals surface area contributed by atoms with Crippen molar-refractivity contribution in [2.45, 2.75) is 12.8 Å². The zero-order valence-electron chi connectivity index (χ0n) is 8.41. The molecule has 0 bridgehead atoms. The smallest absolute Gasteiger partial charge is 0.312 e. The molecule has 4 nitrogen and oxygen atoms in total. The number of hydrogen-bond acceptors (Lipinski definition) is 3. The van der Waals surface area contributed by atoms with Gasteiger partial charge in [0.2, 0.25) is 0 Å². The van der Waals surface area contributed by atoms with Gasteiger partial charge >= 0.3 is 6.41 Å². The van der Waals surface area contributed by atoms with Gasteiger partial charge in [0.15, 0.2) is 0 Å². The summed E-state index contributed by atoms with van der Waals surface area (Å²) in [5.74, 6) is 0. The molecule has 0 aromatic heterocycles. The Morgan fingerprint density at radius 1 is 1.08 bits per heavy atom. The lowest BCUT2D eigenvalue weighted by Crippen LogP contribution is -2.25. The first-order valence-corrected chi connectivity index (χ1v) is 4.45. The lowest BCUT2D eigenvalue weighted by molar-refractivity contribution is 0.172. The van der Waals surface area contributed by atoms with Crippen molar-refractivity contribution in [2.75, 3.05) is 40.5 Å². The van der Waals surface area contributed by atoms with Crippen molar-refractivity contribution >= 4 is 6.41 Å². The third-order valence-electron chi connectivity index (χ3n) is 1.68. The average molecular weight is 188 g/mol. The molecule has 0 aliphatic rings. The van der Waals surface area contributed by atoms with Crippen LogP contribution >= 0.6 is 0 Å². The van der Waals surface area contributed by atoms with E-state index in [4.69, 9.17) is 9.47 Å². The normalized spacial score (nSPS) is 10.0. The number of ether oxygens (including phenoxy) is 2.